The van der Waals surface area contributed by atoms with Crippen molar-refractivity contribution in [3.63, 3.8) is 0 Å². The molecule has 0 spiro atoms. The molecule has 1 heterocycles. The van der Waals surface area contributed by atoms with Gasteiger partial charge < -0.3 is 10.6 Å². The summed E-state index contributed by atoms with van der Waals surface area (Å²) in [6.45, 7) is 5.78. The average molecular weight is 320 g/mol. The second-order valence-corrected chi connectivity index (χ2v) is 6.06. The van der Waals surface area contributed by atoms with Gasteiger partial charge in [-0.05, 0) is 37.4 Å². The van der Waals surface area contributed by atoms with Crippen LogP contribution in [0.2, 0.25) is 0 Å². The second kappa shape index (κ2) is 8.47. The fourth-order valence-corrected chi connectivity index (χ4v) is 2.80. The van der Waals surface area contributed by atoms with E-state index in [0.29, 0.717) is 25.6 Å². The number of nitro groups is 1. The first kappa shape index (κ1) is 17.2. The van der Waals surface area contributed by atoms with Crippen molar-refractivity contribution in [2.75, 3.05) is 38.0 Å². The third-order valence-corrected chi connectivity index (χ3v) is 3.96. The molecule has 2 rings (SSSR count). The predicted molar refractivity (Wildman–Crippen MR) is 89.4 cm³/mol. The Morgan fingerprint density at radius 3 is 2.74 bits per heavy atom. The first-order chi connectivity index (χ1) is 11.0. The van der Waals surface area contributed by atoms with E-state index in [0.717, 1.165) is 25.2 Å². The SMILES string of the molecule is C[C@H]1CCCN(CC(=O)NCCNc2ccc([N+](=O)[O-])cc2)C1. The van der Waals surface area contributed by atoms with Crippen LogP contribution >= 0.6 is 0 Å². The Labute approximate surface area is 136 Å². The van der Waals surface area contributed by atoms with Crippen molar-refractivity contribution < 1.29 is 9.72 Å². The van der Waals surface area contributed by atoms with Gasteiger partial charge in [-0.3, -0.25) is 19.8 Å². The van der Waals surface area contributed by atoms with Gasteiger partial charge in [0.2, 0.25) is 5.91 Å². The van der Waals surface area contributed by atoms with Gasteiger partial charge in [-0.25, -0.2) is 0 Å². The van der Waals surface area contributed by atoms with E-state index in [-0.39, 0.29) is 11.6 Å². The van der Waals surface area contributed by atoms with E-state index in [1.54, 1.807) is 12.1 Å². The molecule has 1 amide bonds. The fraction of sp³-hybridized carbons (Fsp3) is 0.562. The number of hydrogen-bond donors (Lipinski definition) is 2. The van der Waals surface area contributed by atoms with Gasteiger partial charge >= 0.3 is 0 Å². The van der Waals surface area contributed by atoms with Crippen LogP contribution in [0.3, 0.4) is 0 Å². The Balaban J connectivity index is 1.62. The summed E-state index contributed by atoms with van der Waals surface area (Å²) in [5.41, 5.74) is 0.870. The van der Waals surface area contributed by atoms with E-state index in [2.05, 4.69) is 22.5 Å². The monoisotopic (exact) mass is 320 g/mol. The van der Waals surface area contributed by atoms with Crippen LogP contribution in [0.5, 0.6) is 0 Å². The Bertz CT molecular complexity index is 533. The molecule has 1 aromatic carbocycles. The summed E-state index contributed by atoms with van der Waals surface area (Å²) < 4.78 is 0. The summed E-state index contributed by atoms with van der Waals surface area (Å²) in [5, 5.41) is 16.6. The minimum atomic E-state index is -0.425. The second-order valence-electron chi connectivity index (χ2n) is 6.06. The maximum atomic E-state index is 11.9. The third-order valence-electron chi connectivity index (χ3n) is 3.96. The molecule has 0 saturated carbocycles. The zero-order valence-electron chi connectivity index (χ0n) is 13.5. The fourth-order valence-electron chi connectivity index (χ4n) is 2.80. The molecule has 0 aliphatic carbocycles. The van der Waals surface area contributed by atoms with Crippen molar-refractivity contribution in [1.29, 1.82) is 0 Å². The number of amides is 1. The molecule has 0 aromatic heterocycles. The highest BCUT2D eigenvalue weighted by atomic mass is 16.6. The zero-order chi connectivity index (χ0) is 16.7. The molecule has 2 N–H and O–H groups in total. The number of rotatable bonds is 7. The first-order valence-corrected chi connectivity index (χ1v) is 8.02. The van der Waals surface area contributed by atoms with E-state index in [9.17, 15) is 14.9 Å². The van der Waals surface area contributed by atoms with Crippen LogP contribution < -0.4 is 10.6 Å². The molecule has 1 fully saturated rings. The molecule has 1 aliphatic rings. The van der Waals surface area contributed by atoms with Gasteiger partial charge in [-0.15, -0.1) is 0 Å². The highest BCUT2D eigenvalue weighted by molar-refractivity contribution is 5.78. The van der Waals surface area contributed by atoms with Gasteiger partial charge in [-0.2, -0.15) is 0 Å². The first-order valence-electron chi connectivity index (χ1n) is 8.02. The van der Waals surface area contributed by atoms with E-state index in [4.69, 9.17) is 0 Å². The molecule has 0 bridgehead atoms. The summed E-state index contributed by atoms with van der Waals surface area (Å²) in [7, 11) is 0. The lowest BCUT2D eigenvalue weighted by Gasteiger charge is -2.30. The number of nitrogens with zero attached hydrogens (tertiary/aromatic N) is 2. The van der Waals surface area contributed by atoms with Crippen molar-refractivity contribution >= 4 is 17.3 Å². The lowest BCUT2D eigenvalue weighted by molar-refractivity contribution is -0.384. The average Bonchev–Trinajstić information content (AvgIpc) is 2.52. The summed E-state index contributed by atoms with van der Waals surface area (Å²) in [6, 6.07) is 6.24. The standard InChI is InChI=1S/C16H24N4O3/c1-13-3-2-10-19(11-13)12-16(21)18-9-8-17-14-4-6-15(7-5-14)20(22)23/h4-7,13,17H,2-3,8-12H2,1H3,(H,18,21)/t13-/m0/s1. The third kappa shape index (κ3) is 5.86. The number of anilines is 1. The largest absolute Gasteiger partial charge is 0.383 e. The summed E-state index contributed by atoms with van der Waals surface area (Å²) in [4.78, 5) is 24.2. The highest BCUT2D eigenvalue weighted by Crippen LogP contribution is 2.15. The number of likely N-dealkylation sites (tertiary alicyclic amines) is 1. The number of hydrogen-bond acceptors (Lipinski definition) is 5. The quantitative estimate of drug-likeness (QED) is 0.455. The summed E-state index contributed by atoms with van der Waals surface area (Å²) >= 11 is 0. The number of benzene rings is 1. The molecule has 7 heteroatoms. The van der Waals surface area contributed by atoms with Gasteiger partial charge in [0, 0.05) is 37.5 Å². The molecule has 0 radical (unpaired) electrons. The zero-order valence-corrected chi connectivity index (χ0v) is 13.5. The lowest BCUT2D eigenvalue weighted by atomic mass is 10.0. The smallest absolute Gasteiger partial charge is 0.269 e. The summed E-state index contributed by atoms with van der Waals surface area (Å²) in [6.07, 6.45) is 2.41. The minimum absolute atomic E-state index is 0.0459. The Morgan fingerprint density at radius 2 is 2.09 bits per heavy atom. The highest BCUT2D eigenvalue weighted by Gasteiger charge is 2.18. The molecule has 23 heavy (non-hydrogen) atoms. The molecule has 126 valence electrons. The minimum Gasteiger partial charge on any atom is -0.383 e. The molecular formula is C16H24N4O3. The number of nitro benzene ring substituents is 1. The number of nitrogens with one attached hydrogen (secondary N) is 2. The van der Waals surface area contributed by atoms with E-state index in [1.807, 2.05) is 0 Å². The van der Waals surface area contributed by atoms with Gasteiger partial charge in [0.15, 0.2) is 0 Å². The predicted octanol–water partition coefficient (Wildman–Crippen LogP) is 1.85. The van der Waals surface area contributed by atoms with Crippen molar-refractivity contribution in [1.82, 2.24) is 10.2 Å². The normalized spacial score (nSPS) is 18.4. The van der Waals surface area contributed by atoms with Crippen LogP contribution in [-0.4, -0.2) is 48.5 Å². The van der Waals surface area contributed by atoms with Crippen LogP contribution in [0.1, 0.15) is 19.8 Å². The van der Waals surface area contributed by atoms with Crippen molar-refractivity contribution in [3.8, 4) is 0 Å². The summed E-state index contributed by atoms with van der Waals surface area (Å²) in [5.74, 6) is 0.713. The maximum Gasteiger partial charge on any atom is 0.269 e. The number of carbonyl (C=O) groups excluding carboxylic acids is 1. The van der Waals surface area contributed by atoms with Gasteiger partial charge in [-0.1, -0.05) is 6.92 Å². The van der Waals surface area contributed by atoms with Crippen molar-refractivity contribution in [2.45, 2.75) is 19.8 Å². The Morgan fingerprint density at radius 1 is 1.35 bits per heavy atom. The Hall–Kier alpha value is -2.15. The maximum absolute atomic E-state index is 11.9. The van der Waals surface area contributed by atoms with Gasteiger partial charge in [0.1, 0.15) is 0 Å². The molecule has 1 aliphatic heterocycles. The number of non-ortho nitro benzene ring substituents is 1. The van der Waals surface area contributed by atoms with Crippen LogP contribution in [0.25, 0.3) is 0 Å². The van der Waals surface area contributed by atoms with Gasteiger partial charge in [0.25, 0.3) is 5.69 Å². The molecule has 1 aromatic rings. The van der Waals surface area contributed by atoms with Crippen LogP contribution in [0.15, 0.2) is 24.3 Å². The van der Waals surface area contributed by atoms with Gasteiger partial charge in [0.05, 0.1) is 11.5 Å². The van der Waals surface area contributed by atoms with Crippen LogP contribution in [-0.2, 0) is 4.79 Å². The van der Waals surface area contributed by atoms with E-state index < -0.39 is 4.92 Å². The number of piperidine rings is 1. The Kier molecular flexibility index (Phi) is 6.34. The van der Waals surface area contributed by atoms with E-state index in [1.165, 1.54) is 18.6 Å². The van der Waals surface area contributed by atoms with E-state index >= 15 is 0 Å². The molecule has 0 unspecified atom stereocenters. The van der Waals surface area contributed by atoms with Crippen LogP contribution in [0.4, 0.5) is 11.4 Å². The lowest BCUT2D eigenvalue weighted by Crippen LogP contribution is -2.42. The number of carbonyl (C=O) groups is 1. The van der Waals surface area contributed by atoms with Crippen molar-refractivity contribution in [2.24, 2.45) is 5.92 Å². The topological polar surface area (TPSA) is 87.5 Å². The van der Waals surface area contributed by atoms with Crippen molar-refractivity contribution in [3.05, 3.63) is 34.4 Å². The molecule has 1 saturated heterocycles. The molecule has 7 nitrogen and oxygen atoms in total. The molecule has 1 atom stereocenters. The molecular weight excluding hydrogens is 296 g/mol. The van der Waals surface area contributed by atoms with Crippen LogP contribution in [0, 0.1) is 16.0 Å².